The van der Waals surface area contributed by atoms with E-state index in [2.05, 4.69) is 10.3 Å². The number of nitrogens with one attached hydrogen (secondary N) is 1. The lowest BCUT2D eigenvalue weighted by molar-refractivity contribution is -0.109. The number of allylic oxidation sites excluding steroid dienone is 2. The molecule has 0 fully saturated rings. The van der Waals surface area contributed by atoms with Gasteiger partial charge >= 0.3 is 0 Å². The van der Waals surface area contributed by atoms with E-state index < -0.39 is 0 Å². The van der Waals surface area contributed by atoms with Crippen LogP contribution < -0.4 is 11.1 Å². The summed E-state index contributed by atoms with van der Waals surface area (Å²) in [6.07, 6.45) is 5.95. The molecule has 3 N–H and O–H groups in total. The summed E-state index contributed by atoms with van der Waals surface area (Å²) in [4.78, 5) is 14.0. The first-order chi connectivity index (χ1) is 6.20. The van der Waals surface area contributed by atoms with Crippen LogP contribution in [0.4, 0.5) is 0 Å². The number of aliphatic imine (C=N–C) groups is 1. The third-order valence-electron chi connectivity index (χ3n) is 1.24. The highest BCUT2D eigenvalue weighted by Crippen LogP contribution is 1.93. The normalized spacial score (nSPS) is 13.4. The second-order valence-electron chi connectivity index (χ2n) is 2.41. The second-order valence-corrected chi connectivity index (χ2v) is 2.41. The van der Waals surface area contributed by atoms with Gasteiger partial charge < -0.3 is 11.1 Å². The van der Waals surface area contributed by atoms with Crippen LogP contribution in [0.1, 0.15) is 13.8 Å². The number of carbonyl (C=O) groups excluding carboxylic acids is 1. The third-order valence-corrected chi connectivity index (χ3v) is 1.24. The minimum Gasteiger partial charge on any atom is -0.384 e. The van der Waals surface area contributed by atoms with Gasteiger partial charge in [-0.2, -0.15) is 0 Å². The maximum atomic E-state index is 9.90. The predicted molar refractivity (Wildman–Crippen MR) is 54.3 cm³/mol. The molecule has 0 saturated carbocycles. The minimum absolute atomic E-state index is 0.461. The molecule has 4 heteroatoms. The molecule has 0 aliphatic heterocycles. The van der Waals surface area contributed by atoms with Crippen molar-refractivity contribution in [1.29, 1.82) is 0 Å². The maximum Gasteiger partial charge on any atom is 0.207 e. The maximum absolute atomic E-state index is 9.90. The van der Waals surface area contributed by atoms with Crippen LogP contribution in [0.3, 0.4) is 0 Å². The molecular formula is C9H15N3O. The van der Waals surface area contributed by atoms with Crippen molar-refractivity contribution in [3.63, 3.8) is 0 Å². The Kier molecular flexibility index (Phi) is 6.23. The van der Waals surface area contributed by atoms with E-state index in [1.165, 1.54) is 0 Å². The molecular weight excluding hydrogens is 166 g/mol. The van der Waals surface area contributed by atoms with Crippen molar-refractivity contribution >= 4 is 12.2 Å². The summed E-state index contributed by atoms with van der Waals surface area (Å²) in [6, 6.07) is 0. The number of hydrogen-bond donors (Lipinski definition) is 2. The van der Waals surface area contributed by atoms with Crippen molar-refractivity contribution in [3.05, 3.63) is 23.9 Å². The average molecular weight is 181 g/mol. The Balaban J connectivity index is 4.09. The molecule has 0 aromatic heterocycles. The number of amidine groups is 1. The van der Waals surface area contributed by atoms with E-state index in [9.17, 15) is 4.79 Å². The van der Waals surface area contributed by atoms with Gasteiger partial charge in [-0.3, -0.25) is 4.79 Å². The molecule has 72 valence electrons. The zero-order valence-corrected chi connectivity index (χ0v) is 7.95. The number of hydrogen-bond acceptors (Lipinski definition) is 2. The van der Waals surface area contributed by atoms with Crippen molar-refractivity contribution in [3.8, 4) is 0 Å². The highest BCUT2D eigenvalue weighted by Gasteiger charge is 1.86. The van der Waals surface area contributed by atoms with Crippen molar-refractivity contribution < 1.29 is 4.79 Å². The molecule has 0 radical (unpaired) electrons. The van der Waals surface area contributed by atoms with Crippen molar-refractivity contribution in [2.24, 2.45) is 10.7 Å². The molecule has 0 rings (SSSR count). The van der Waals surface area contributed by atoms with Gasteiger partial charge in [0.2, 0.25) is 6.41 Å². The van der Waals surface area contributed by atoms with Gasteiger partial charge in [-0.15, -0.1) is 0 Å². The number of carbonyl (C=O) groups is 1. The van der Waals surface area contributed by atoms with E-state index in [1.807, 2.05) is 19.9 Å². The van der Waals surface area contributed by atoms with Gasteiger partial charge in [-0.1, -0.05) is 6.08 Å². The summed E-state index contributed by atoms with van der Waals surface area (Å²) in [7, 11) is 0. The molecule has 0 heterocycles. The third kappa shape index (κ3) is 6.80. The predicted octanol–water partition coefficient (Wildman–Crippen LogP) is 0.569. The average Bonchev–Trinajstić information content (AvgIpc) is 2.05. The van der Waals surface area contributed by atoms with Gasteiger partial charge in [0.25, 0.3) is 0 Å². The second kappa shape index (κ2) is 7.09. The van der Waals surface area contributed by atoms with E-state index >= 15 is 0 Å². The van der Waals surface area contributed by atoms with E-state index in [0.717, 1.165) is 5.70 Å². The Morgan fingerprint density at radius 3 is 2.85 bits per heavy atom. The summed E-state index contributed by atoms with van der Waals surface area (Å²) in [6.45, 7) is 4.17. The molecule has 0 aliphatic carbocycles. The van der Waals surface area contributed by atoms with Crippen LogP contribution in [0.25, 0.3) is 0 Å². The number of rotatable bonds is 5. The quantitative estimate of drug-likeness (QED) is 0.282. The standard InChI is InChI=1S/C9H15N3O/c1-3-4-9(10)12-8(2)5-6-11-7-13/h3-5,7H,6H2,1-2H3,(H2,10,12)(H,11,13)/b4-3+,8-5+. The fourth-order valence-corrected chi connectivity index (χ4v) is 0.712. The molecule has 4 nitrogen and oxygen atoms in total. The fourth-order valence-electron chi connectivity index (χ4n) is 0.712. The van der Waals surface area contributed by atoms with Crippen LogP contribution >= 0.6 is 0 Å². The molecule has 0 saturated heterocycles. The molecule has 0 unspecified atom stereocenters. The van der Waals surface area contributed by atoms with Crippen LogP contribution in [-0.4, -0.2) is 18.8 Å². The number of nitrogens with two attached hydrogens (primary N) is 1. The van der Waals surface area contributed by atoms with Gasteiger partial charge in [0.1, 0.15) is 5.84 Å². The first kappa shape index (κ1) is 11.4. The van der Waals surface area contributed by atoms with E-state index in [1.54, 1.807) is 12.2 Å². The van der Waals surface area contributed by atoms with Gasteiger partial charge in [0.05, 0.1) is 0 Å². The Hall–Kier alpha value is -1.58. The largest absolute Gasteiger partial charge is 0.384 e. The molecule has 13 heavy (non-hydrogen) atoms. The van der Waals surface area contributed by atoms with E-state index in [4.69, 9.17) is 5.73 Å². The number of nitrogens with zero attached hydrogens (tertiary/aromatic N) is 1. The van der Waals surface area contributed by atoms with Crippen molar-refractivity contribution in [1.82, 2.24) is 5.32 Å². The molecule has 0 aromatic carbocycles. The molecule has 0 bridgehead atoms. The topological polar surface area (TPSA) is 67.5 Å². The lowest BCUT2D eigenvalue weighted by Gasteiger charge is -1.95. The Morgan fingerprint density at radius 2 is 2.31 bits per heavy atom. The van der Waals surface area contributed by atoms with Crippen LogP contribution in [0.15, 0.2) is 28.9 Å². The van der Waals surface area contributed by atoms with Crippen LogP contribution in [0, 0.1) is 0 Å². The van der Waals surface area contributed by atoms with Crippen LogP contribution in [0.5, 0.6) is 0 Å². The van der Waals surface area contributed by atoms with Gasteiger partial charge in [0.15, 0.2) is 0 Å². The smallest absolute Gasteiger partial charge is 0.207 e. The lowest BCUT2D eigenvalue weighted by atomic mass is 10.4. The van der Waals surface area contributed by atoms with Gasteiger partial charge in [0, 0.05) is 12.2 Å². The SMILES string of the molecule is C/C=C/C(N)=N/C(C)=C/CNC=O. The molecule has 1 amide bonds. The Morgan fingerprint density at radius 1 is 1.62 bits per heavy atom. The summed E-state index contributed by atoms with van der Waals surface area (Å²) in [5, 5.41) is 2.50. The number of amides is 1. The van der Waals surface area contributed by atoms with Crippen molar-refractivity contribution in [2.75, 3.05) is 6.54 Å². The molecule has 0 atom stereocenters. The highest BCUT2D eigenvalue weighted by atomic mass is 16.1. The summed E-state index contributed by atoms with van der Waals surface area (Å²) in [5.41, 5.74) is 6.30. The zero-order chi connectivity index (χ0) is 10.1. The summed E-state index contributed by atoms with van der Waals surface area (Å²) in [5.74, 6) is 0.461. The van der Waals surface area contributed by atoms with Gasteiger partial charge in [-0.05, 0) is 26.0 Å². The molecule has 0 spiro atoms. The monoisotopic (exact) mass is 181 g/mol. The molecule has 0 aliphatic rings. The summed E-state index contributed by atoms with van der Waals surface area (Å²) >= 11 is 0. The van der Waals surface area contributed by atoms with Crippen molar-refractivity contribution in [2.45, 2.75) is 13.8 Å². The Bertz CT molecular complexity index is 241. The van der Waals surface area contributed by atoms with E-state index in [0.29, 0.717) is 18.8 Å². The van der Waals surface area contributed by atoms with Crippen LogP contribution in [0.2, 0.25) is 0 Å². The highest BCUT2D eigenvalue weighted by molar-refractivity contribution is 5.91. The first-order valence-corrected chi connectivity index (χ1v) is 4.01. The lowest BCUT2D eigenvalue weighted by Crippen LogP contribution is -2.11. The summed E-state index contributed by atoms with van der Waals surface area (Å²) < 4.78 is 0. The van der Waals surface area contributed by atoms with E-state index in [-0.39, 0.29) is 0 Å². The van der Waals surface area contributed by atoms with Crippen LogP contribution in [-0.2, 0) is 4.79 Å². The zero-order valence-electron chi connectivity index (χ0n) is 7.95. The fraction of sp³-hybridized carbons (Fsp3) is 0.333. The first-order valence-electron chi connectivity index (χ1n) is 4.01. The minimum atomic E-state index is 0.461. The van der Waals surface area contributed by atoms with Gasteiger partial charge in [-0.25, -0.2) is 4.99 Å². The Labute approximate surface area is 78.2 Å². The molecule has 0 aromatic rings.